The van der Waals surface area contributed by atoms with Gasteiger partial charge in [-0.3, -0.25) is 4.98 Å². The van der Waals surface area contributed by atoms with Crippen molar-refractivity contribution in [2.45, 2.75) is 6.92 Å². The highest BCUT2D eigenvalue weighted by Crippen LogP contribution is 2.26. The van der Waals surface area contributed by atoms with Crippen molar-refractivity contribution in [2.75, 3.05) is 5.73 Å². The van der Waals surface area contributed by atoms with E-state index in [-0.39, 0.29) is 0 Å². The smallest absolute Gasteiger partial charge is 0.156 e. The molecular weight excluding hydrogens is 228 g/mol. The summed E-state index contributed by atoms with van der Waals surface area (Å²) in [5.41, 5.74) is 8.11. The molecule has 0 aliphatic carbocycles. The quantitative estimate of drug-likeness (QED) is 0.746. The van der Waals surface area contributed by atoms with Gasteiger partial charge in [-0.15, -0.1) is 0 Å². The molecule has 0 unspecified atom stereocenters. The average molecular weight is 240 g/mol. The van der Waals surface area contributed by atoms with Gasteiger partial charge in [-0.25, -0.2) is 4.68 Å². The maximum atomic E-state index is 5.96. The third kappa shape index (κ3) is 1.75. The van der Waals surface area contributed by atoms with Gasteiger partial charge in [0.15, 0.2) is 11.5 Å². The number of anilines is 1. The molecule has 0 bridgehead atoms. The molecular formula is C13H12N4O. The van der Waals surface area contributed by atoms with Crippen molar-refractivity contribution in [2.24, 2.45) is 0 Å². The van der Waals surface area contributed by atoms with Crippen LogP contribution in [0.25, 0.3) is 17.1 Å². The summed E-state index contributed by atoms with van der Waals surface area (Å²) >= 11 is 0. The molecule has 3 heterocycles. The van der Waals surface area contributed by atoms with E-state index in [0.29, 0.717) is 17.1 Å². The monoisotopic (exact) mass is 240 g/mol. The lowest BCUT2D eigenvalue weighted by molar-refractivity contribution is 0.546. The number of pyridine rings is 1. The Balaban J connectivity index is 2.06. The highest BCUT2D eigenvalue weighted by atomic mass is 16.3. The largest absolute Gasteiger partial charge is 0.460 e. The summed E-state index contributed by atoms with van der Waals surface area (Å²) in [4.78, 5) is 3.97. The normalized spacial score (nSPS) is 10.7. The molecule has 0 aliphatic heterocycles. The summed E-state index contributed by atoms with van der Waals surface area (Å²) < 4.78 is 7.24. The van der Waals surface area contributed by atoms with Crippen LogP contribution in [-0.4, -0.2) is 14.8 Å². The Morgan fingerprint density at radius 2 is 1.94 bits per heavy atom. The zero-order chi connectivity index (χ0) is 12.5. The van der Waals surface area contributed by atoms with Crippen molar-refractivity contribution in [3.63, 3.8) is 0 Å². The standard InChI is InChI=1S/C13H12N4O/c1-9-2-3-12(18-9)13-11(14)8-17(16-13)10-4-6-15-7-5-10/h2-8H,14H2,1H3. The minimum Gasteiger partial charge on any atom is -0.460 e. The molecule has 90 valence electrons. The molecule has 0 spiro atoms. The molecule has 18 heavy (non-hydrogen) atoms. The molecule has 5 heteroatoms. The lowest BCUT2D eigenvalue weighted by Crippen LogP contribution is -1.94. The van der Waals surface area contributed by atoms with Gasteiger partial charge in [0.2, 0.25) is 0 Å². The molecule has 0 amide bonds. The predicted molar refractivity (Wildman–Crippen MR) is 68.2 cm³/mol. The van der Waals surface area contributed by atoms with E-state index in [1.165, 1.54) is 0 Å². The lowest BCUT2D eigenvalue weighted by atomic mass is 10.3. The van der Waals surface area contributed by atoms with Crippen LogP contribution in [0.2, 0.25) is 0 Å². The molecule has 3 aromatic heterocycles. The van der Waals surface area contributed by atoms with Crippen LogP contribution in [0.15, 0.2) is 47.3 Å². The third-order valence-corrected chi connectivity index (χ3v) is 2.64. The molecule has 3 rings (SSSR count). The zero-order valence-electron chi connectivity index (χ0n) is 9.87. The predicted octanol–water partition coefficient (Wildman–Crippen LogP) is 2.42. The number of nitrogens with two attached hydrogens (primary N) is 1. The van der Waals surface area contributed by atoms with Crippen LogP contribution in [0.3, 0.4) is 0 Å². The second-order valence-electron chi connectivity index (χ2n) is 3.99. The number of nitrogens with zero attached hydrogens (tertiary/aromatic N) is 3. The fourth-order valence-corrected chi connectivity index (χ4v) is 1.77. The van der Waals surface area contributed by atoms with Crippen LogP contribution >= 0.6 is 0 Å². The summed E-state index contributed by atoms with van der Waals surface area (Å²) in [6.45, 7) is 1.89. The number of hydrogen-bond donors (Lipinski definition) is 1. The van der Waals surface area contributed by atoms with Crippen LogP contribution in [0.5, 0.6) is 0 Å². The van der Waals surface area contributed by atoms with Crippen LogP contribution < -0.4 is 5.73 Å². The van der Waals surface area contributed by atoms with E-state index in [1.54, 1.807) is 23.3 Å². The molecule has 0 aromatic carbocycles. The first-order chi connectivity index (χ1) is 8.74. The minimum absolute atomic E-state index is 0.584. The minimum atomic E-state index is 0.584. The van der Waals surface area contributed by atoms with Crippen molar-refractivity contribution in [1.29, 1.82) is 0 Å². The fraction of sp³-hybridized carbons (Fsp3) is 0.0769. The van der Waals surface area contributed by atoms with Gasteiger partial charge in [0.05, 0.1) is 17.6 Å². The maximum Gasteiger partial charge on any atom is 0.156 e. The van der Waals surface area contributed by atoms with E-state index in [0.717, 1.165) is 11.4 Å². The number of hydrogen-bond acceptors (Lipinski definition) is 4. The number of aromatic nitrogens is 3. The van der Waals surface area contributed by atoms with E-state index in [2.05, 4.69) is 10.1 Å². The van der Waals surface area contributed by atoms with E-state index >= 15 is 0 Å². The van der Waals surface area contributed by atoms with Crippen LogP contribution in [0.4, 0.5) is 5.69 Å². The van der Waals surface area contributed by atoms with Gasteiger partial charge in [0, 0.05) is 12.4 Å². The van der Waals surface area contributed by atoms with Crippen molar-refractivity contribution < 1.29 is 4.42 Å². The molecule has 0 saturated heterocycles. The molecule has 0 atom stereocenters. The van der Waals surface area contributed by atoms with Crippen LogP contribution in [0, 0.1) is 6.92 Å². The summed E-state index contributed by atoms with van der Waals surface area (Å²) in [6.07, 6.45) is 5.19. The topological polar surface area (TPSA) is 69.9 Å². The first-order valence-corrected chi connectivity index (χ1v) is 5.56. The average Bonchev–Trinajstić information content (AvgIpc) is 2.97. The number of rotatable bonds is 2. The second kappa shape index (κ2) is 4.03. The van der Waals surface area contributed by atoms with Gasteiger partial charge in [-0.05, 0) is 31.2 Å². The summed E-state index contributed by atoms with van der Waals surface area (Å²) in [7, 11) is 0. The fourth-order valence-electron chi connectivity index (χ4n) is 1.77. The Morgan fingerprint density at radius 1 is 1.17 bits per heavy atom. The highest BCUT2D eigenvalue weighted by Gasteiger charge is 2.12. The highest BCUT2D eigenvalue weighted by molar-refractivity contribution is 5.68. The van der Waals surface area contributed by atoms with E-state index in [9.17, 15) is 0 Å². The van der Waals surface area contributed by atoms with Gasteiger partial charge in [-0.2, -0.15) is 5.10 Å². The summed E-state index contributed by atoms with van der Waals surface area (Å²) in [5.74, 6) is 1.51. The first kappa shape index (κ1) is 10.6. The maximum absolute atomic E-state index is 5.96. The molecule has 0 fully saturated rings. The number of nitrogen functional groups attached to an aromatic ring is 1. The van der Waals surface area contributed by atoms with Crippen molar-refractivity contribution in [3.05, 3.63) is 48.6 Å². The van der Waals surface area contributed by atoms with Crippen LogP contribution in [0.1, 0.15) is 5.76 Å². The molecule has 3 aromatic rings. The van der Waals surface area contributed by atoms with Crippen molar-refractivity contribution in [1.82, 2.24) is 14.8 Å². The van der Waals surface area contributed by atoms with Gasteiger partial charge >= 0.3 is 0 Å². The zero-order valence-corrected chi connectivity index (χ0v) is 9.87. The van der Waals surface area contributed by atoms with E-state index in [1.807, 2.05) is 31.2 Å². The Labute approximate surface area is 104 Å². The van der Waals surface area contributed by atoms with Crippen molar-refractivity contribution in [3.8, 4) is 17.1 Å². The summed E-state index contributed by atoms with van der Waals surface area (Å²) in [5, 5.41) is 4.43. The molecule has 0 aliphatic rings. The lowest BCUT2D eigenvalue weighted by Gasteiger charge is -1.98. The first-order valence-electron chi connectivity index (χ1n) is 5.56. The number of aryl methyl sites for hydroxylation is 1. The van der Waals surface area contributed by atoms with Gasteiger partial charge < -0.3 is 10.2 Å². The van der Waals surface area contributed by atoms with Gasteiger partial charge in [0.25, 0.3) is 0 Å². The van der Waals surface area contributed by atoms with Crippen molar-refractivity contribution >= 4 is 5.69 Å². The number of furan rings is 1. The third-order valence-electron chi connectivity index (χ3n) is 2.64. The Bertz CT molecular complexity index is 669. The molecule has 2 N–H and O–H groups in total. The van der Waals surface area contributed by atoms with Crippen LogP contribution in [-0.2, 0) is 0 Å². The Morgan fingerprint density at radius 3 is 2.61 bits per heavy atom. The molecule has 5 nitrogen and oxygen atoms in total. The molecule has 0 radical (unpaired) electrons. The van der Waals surface area contributed by atoms with E-state index < -0.39 is 0 Å². The van der Waals surface area contributed by atoms with E-state index in [4.69, 9.17) is 10.2 Å². The second-order valence-corrected chi connectivity index (χ2v) is 3.99. The molecule has 0 saturated carbocycles. The summed E-state index contributed by atoms with van der Waals surface area (Å²) in [6, 6.07) is 7.48. The van der Waals surface area contributed by atoms with Gasteiger partial charge in [0.1, 0.15) is 5.76 Å². The SMILES string of the molecule is Cc1ccc(-c2nn(-c3ccncc3)cc2N)o1. The Kier molecular flexibility index (Phi) is 2.37. The van der Waals surface area contributed by atoms with Gasteiger partial charge in [-0.1, -0.05) is 0 Å². The Hall–Kier alpha value is -2.56.